The second-order valence-corrected chi connectivity index (χ2v) is 4.54. The minimum atomic E-state index is -0.370. The Morgan fingerprint density at radius 2 is 2.00 bits per heavy atom. The molecule has 7 heteroatoms. The molecular formula is C16H17N3O4. The summed E-state index contributed by atoms with van der Waals surface area (Å²) in [5, 5.41) is 5.19. The average molecular weight is 315 g/mol. The van der Waals surface area contributed by atoms with Gasteiger partial charge in [0.1, 0.15) is 11.5 Å². The number of amides is 2. The number of aromatic nitrogens is 1. The number of hydrogen-bond donors (Lipinski definition) is 2. The lowest BCUT2D eigenvalue weighted by Crippen LogP contribution is -2.32. The smallest absolute Gasteiger partial charge is 0.253 e. The predicted molar refractivity (Wildman–Crippen MR) is 84.7 cm³/mol. The first-order chi connectivity index (χ1) is 11.1. The molecule has 0 aliphatic rings. The Kier molecular flexibility index (Phi) is 5.51. The van der Waals surface area contributed by atoms with E-state index in [-0.39, 0.29) is 18.4 Å². The fourth-order valence-corrected chi connectivity index (χ4v) is 1.86. The molecule has 2 amide bonds. The molecule has 0 aliphatic heterocycles. The van der Waals surface area contributed by atoms with Gasteiger partial charge in [-0.25, -0.2) is 0 Å². The van der Waals surface area contributed by atoms with Crippen LogP contribution in [0.1, 0.15) is 10.4 Å². The summed E-state index contributed by atoms with van der Waals surface area (Å²) in [6.45, 7) is -0.164. The Bertz CT molecular complexity index is 689. The van der Waals surface area contributed by atoms with E-state index in [0.29, 0.717) is 22.7 Å². The van der Waals surface area contributed by atoms with Crippen molar-refractivity contribution in [2.24, 2.45) is 0 Å². The Balaban J connectivity index is 1.93. The second kappa shape index (κ2) is 7.79. The van der Waals surface area contributed by atoms with Gasteiger partial charge >= 0.3 is 0 Å². The van der Waals surface area contributed by atoms with Crippen LogP contribution in [-0.2, 0) is 4.79 Å². The lowest BCUT2D eigenvalue weighted by atomic mass is 10.2. The number of pyridine rings is 1. The topological polar surface area (TPSA) is 89.6 Å². The van der Waals surface area contributed by atoms with Crippen molar-refractivity contribution < 1.29 is 19.1 Å². The molecule has 0 saturated carbocycles. The number of benzene rings is 1. The normalized spacial score (nSPS) is 9.83. The van der Waals surface area contributed by atoms with Gasteiger partial charge in [-0.2, -0.15) is 0 Å². The van der Waals surface area contributed by atoms with Gasteiger partial charge in [0.15, 0.2) is 0 Å². The number of nitrogens with zero attached hydrogens (tertiary/aromatic N) is 1. The molecule has 1 aromatic carbocycles. The van der Waals surface area contributed by atoms with E-state index in [1.807, 2.05) is 0 Å². The Morgan fingerprint density at radius 3 is 2.65 bits per heavy atom. The third kappa shape index (κ3) is 4.44. The van der Waals surface area contributed by atoms with Gasteiger partial charge in [0.25, 0.3) is 5.91 Å². The maximum Gasteiger partial charge on any atom is 0.253 e. The first kappa shape index (κ1) is 16.3. The summed E-state index contributed by atoms with van der Waals surface area (Å²) in [4.78, 5) is 27.6. The van der Waals surface area contributed by atoms with Crippen LogP contribution in [0.5, 0.6) is 11.5 Å². The van der Waals surface area contributed by atoms with Crippen molar-refractivity contribution in [2.75, 3.05) is 26.1 Å². The van der Waals surface area contributed by atoms with Crippen LogP contribution in [0, 0.1) is 0 Å². The lowest BCUT2D eigenvalue weighted by molar-refractivity contribution is -0.115. The van der Waals surface area contributed by atoms with Gasteiger partial charge in [0, 0.05) is 18.5 Å². The standard InChI is InChI=1S/C16H17N3O4/c1-22-12-5-6-13(14(8-12)23-2)19-15(20)10-18-16(21)11-4-3-7-17-9-11/h3-9H,10H2,1-2H3,(H,18,21)(H,19,20). The second-order valence-electron chi connectivity index (χ2n) is 4.54. The number of ether oxygens (including phenoxy) is 2. The number of hydrogen-bond acceptors (Lipinski definition) is 5. The molecule has 0 fully saturated rings. The van der Waals surface area contributed by atoms with E-state index in [1.165, 1.54) is 13.3 Å². The third-order valence-corrected chi connectivity index (χ3v) is 3.02. The summed E-state index contributed by atoms with van der Waals surface area (Å²) in [5.41, 5.74) is 0.885. The van der Waals surface area contributed by atoms with Gasteiger partial charge in [0.05, 0.1) is 32.0 Å². The molecule has 0 atom stereocenters. The van der Waals surface area contributed by atoms with Crippen molar-refractivity contribution >= 4 is 17.5 Å². The van der Waals surface area contributed by atoms with E-state index >= 15 is 0 Å². The zero-order valence-electron chi connectivity index (χ0n) is 12.8. The van der Waals surface area contributed by atoms with Crippen LogP contribution in [0.2, 0.25) is 0 Å². The molecule has 1 heterocycles. The fourth-order valence-electron chi connectivity index (χ4n) is 1.86. The van der Waals surface area contributed by atoms with Crippen LogP contribution in [-0.4, -0.2) is 37.6 Å². The molecule has 1 aromatic heterocycles. The quantitative estimate of drug-likeness (QED) is 0.842. The molecule has 0 radical (unpaired) electrons. The summed E-state index contributed by atoms with van der Waals surface area (Å²) >= 11 is 0. The van der Waals surface area contributed by atoms with Gasteiger partial charge in [-0.3, -0.25) is 14.6 Å². The molecule has 2 N–H and O–H groups in total. The van der Waals surface area contributed by atoms with Crippen molar-refractivity contribution in [3.8, 4) is 11.5 Å². The maximum absolute atomic E-state index is 11.9. The highest BCUT2D eigenvalue weighted by atomic mass is 16.5. The van der Waals surface area contributed by atoms with Crippen LogP contribution in [0.25, 0.3) is 0 Å². The average Bonchev–Trinajstić information content (AvgIpc) is 2.60. The van der Waals surface area contributed by atoms with Crippen molar-refractivity contribution in [3.63, 3.8) is 0 Å². The Labute approximate surface area is 133 Å². The molecule has 0 spiro atoms. The van der Waals surface area contributed by atoms with E-state index in [2.05, 4.69) is 15.6 Å². The molecule has 0 saturated heterocycles. The molecule has 2 rings (SSSR count). The first-order valence-corrected chi connectivity index (χ1v) is 6.84. The molecule has 2 aromatic rings. The van der Waals surface area contributed by atoms with Gasteiger partial charge in [-0.15, -0.1) is 0 Å². The fraction of sp³-hybridized carbons (Fsp3) is 0.188. The van der Waals surface area contributed by atoms with Crippen molar-refractivity contribution in [2.45, 2.75) is 0 Å². The van der Waals surface area contributed by atoms with Crippen LogP contribution < -0.4 is 20.1 Å². The summed E-state index contributed by atoms with van der Waals surface area (Å²) < 4.78 is 10.3. The van der Waals surface area contributed by atoms with Gasteiger partial charge in [0.2, 0.25) is 5.91 Å². The van der Waals surface area contributed by atoms with Gasteiger partial charge in [-0.05, 0) is 24.3 Å². The van der Waals surface area contributed by atoms with Crippen LogP contribution in [0.3, 0.4) is 0 Å². The van der Waals surface area contributed by atoms with E-state index in [4.69, 9.17) is 9.47 Å². The summed E-state index contributed by atoms with van der Waals surface area (Å²) in [7, 11) is 3.04. The maximum atomic E-state index is 11.9. The van der Waals surface area contributed by atoms with Crippen molar-refractivity contribution in [1.82, 2.24) is 10.3 Å². The van der Waals surface area contributed by atoms with Crippen LogP contribution in [0.4, 0.5) is 5.69 Å². The highest BCUT2D eigenvalue weighted by molar-refractivity contribution is 5.99. The highest BCUT2D eigenvalue weighted by Gasteiger charge is 2.11. The minimum absolute atomic E-state index is 0.164. The first-order valence-electron chi connectivity index (χ1n) is 6.84. The minimum Gasteiger partial charge on any atom is -0.497 e. The summed E-state index contributed by atoms with van der Waals surface area (Å²) in [5.74, 6) is 0.349. The van der Waals surface area contributed by atoms with Gasteiger partial charge in [-0.1, -0.05) is 0 Å². The zero-order chi connectivity index (χ0) is 16.7. The summed E-state index contributed by atoms with van der Waals surface area (Å²) in [6.07, 6.45) is 3.00. The lowest BCUT2D eigenvalue weighted by Gasteiger charge is -2.12. The van der Waals surface area contributed by atoms with E-state index in [1.54, 1.807) is 43.6 Å². The summed E-state index contributed by atoms with van der Waals surface area (Å²) in [6, 6.07) is 8.29. The number of methoxy groups -OCH3 is 2. The molecule has 120 valence electrons. The zero-order valence-corrected chi connectivity index (χ0v) is 12.8. The highest BCUT2D eigenvalue weighted by Crippen LogP contribution is 2.28. The number of nitrogens with one attached hydrogen (secondary N) is 2. The van der Waals surface area contributed by atoms with E-state index < -0.39 is 0 Å². The molecular weight excluding hydrogens is 298 g/mol. The third-order valence-electron chi connectivity index (χ3n) is 3.02. The van der Waals surface area contributed by atoms with E-state index in [0.717, 1.165) is 0 Å². The van der Waals surface area contributed by atoms with Crippen molar-refractivity contribution in [1.29, 1.82) is 0 Å². The Hall–Kier alpha value is -3.09. The van der Waals surface area contributed by atoms with Crippen LogP contribution >= 0.6 is 0 Å². The number of carbonyl (C=O) groups excluding carboxylic acids is 2. The van der Waals surface area contributed by atoms with E-state index in [9.17, 15) is 9.59 Å². The van der Waals surface area contributed by atoms with Crippen molar-refractivity contribution in [3.05, 3.63) is 48.3 Å². The molecule has 7 nitrogen and oxygen atoms in total. The predicted octanol–water partition coefficient (Wildman–Crippen LogP) is 1.47. The largest absolute Gasteiger partial charge is 0.497 e. The van der Waals surface area contributed by atoms with Crippen LogP contribution in [0.15, 0.2) is 42.7 Å². The molecule has 0 bridgehead atoms. The monoisotopic (exact) mass is 315 g/mol. The number of anilines is 1. The SMILES string of the molecule is COc1ccc(NC(=O)CNC(=O)c2cccnc2)c(OC)c1. The molecule has 23 heavy (non-hydrogen) atoms. The molecule has 0 aliphatic carbocycles. The van der Waals surface area contributed by atoms with Gasteiger partial charge < -0.3 is 20.1 Å². The number of carbonyl (C=O) groups is 2. The Morgan fingerprint density at radius 1 is 1.17 bits per heavy atom. The molecule has 0 unspecified atom stereocenters. The number of rotatable bonds is 6.